The summed E-state index contributed by atoms with van der Waals surface area (Å²) in [7, 11) is 0. The molecule has 2 aromatic heterocycles. The van der Waals surface area contributed by atoms with Gasteiger partial charge in [0.1, 0.15) is 5.82 Å². The molecule has 1 aliphatic heterocycles. The molecule has 0 amide bonds. The zero-order valence-electron chi connectivity index (χ0n) is 15.7. The third kappa shape index (κ3) is 4.14. The molecule has 1 saturated heterocycles. The molecule has 5 nitrogen and oxygen atoms in total. The van der Waals surface area contributed by atoms with Crippen molar-refractivity contribution in [3.8, 4) is 11.1 Å². The van der Waals surface area contributed by atoms with Crippen LogP contribution in [0.2, 0.25) is 0 Å². The Morgan fingerprint density at radius 3 is 2.19 bits per heavy atom. The lowest BCUT2D eigenvalue weighted by Gasteiger charge is -2.27. The van der Waals surface area contributed by atoms with Crippen LogP contribution in [0.3, 0.4) is 0 Å². The predicted octanol–water partition coefficient (Wildman–Crippen LogP) is 4.52. The number of pyridine rings is 1. The van der Waals surface area contributed by atoms with Crippen LogP contribution in [0.1, 0.15) is 51.9 Å². The van der Waals surface area contributed by atoms with Gasteiger partial charge in [-0.3, -0.25) is 0 Å². The van der Waals surface area contributed by atoms with Crippen molar-refractivity contribution in [1.29, 1.82) is 0 Å². The van der Waals surface area contributed by atoms with Gasteiger partial charge in [-0.2, -0.15) is 0 Å². The van der Waals surface area contributed by atoms with E-state index in [1.165, 1.54) is 44.9 Å². The molecule has 0 aromatic carbocycles. The molecule has 26 heavy (non-hydrogen) atoms. The first kappa shape index (κ1) is 17.3. The Balaban J connectivity index is 1.38. The Hall–Kier alpha value is -2.17. The molecule has 4 rings (SSSR count). The topological polar surface area (TPSA) is 53.9 Å². The van der Waals surface area contributed by atoms with Gasteiger partial charge >= 0.3 is 0 Å². The van der Waals surface area contributed by atoms with Crippen LogP contribution < -0.4 is 10.2 Å². The highest BCUT2D eigenvalue weighted by atomic mass is 15.2. The zero-order chi connectivity index (χ0) is 17.8. The maximum atomic E-state index is 4.66. The summed E-state index contributed by atoms with van der Waals surface area (Å²) >= 11 is 0. The summed E-state index contributed by atoms with van der Waals surface area (Å²) in [6.45, 7) is 4.58. The molecular formula is C21H29N5. The van der Waals surface area contributed by atoms with Crippen LogP contribution in [0, 0.1) is 5.92 Å². The number of nitrogens with one attached hydrogen (secondary N) is 1. The minimum atomic E-state index is 0.516. The van der Waals surface area contributed by atoms with Crippen LogP contribution in [0.5, 0.6) is 0 Å². The van der Waals surface area contributed by atoms with Gasteiger partial charge in [-0.25, -0.2) is 15.0 Å². The second-order valence-electron chi connectivity index (χ2n) is 7.85. The standard InChI is InChI=1S/C21H29N5/c1-16-5-8-19(9-6-16)25-21-23-14-18(15-24-21)17-7-10-20(22-13-17)26-11-3-2-4-12-26/h7,10,13-16,19H,2-6,8-9,11-12H2,1H3,(H,23,24,25). The molecule has 0 spiro atoms. The van der Waals surface area contributed by atoms with E-state index in [1.807, 2.05) is 18.6 Å². The van der Waals surface area contributed by atoms with Gasteiger partial charge in [-0.05, 0) is 63.0 Å². The molecular weight excluding hydrogens is 322 g/mol. The van der Waals surface area contributed by atoms with E-state index >= 15 is 0 Å². The maximum Gasteiger partial charge on any atom is 0.222 e. The number of anilines is 2. The van der Waals surface area contributed by atoms with E-state index in [1.54, 1.807) is 0 Å². The third-order valence-corrected chi connectivity index (χ3v) is 5.76. The molecule has 5 heteroatoms. The third-order valence-electron chi connectivity index (χ3n) is 5.76. The van der Waals surface area contributed by atoms with E-state index in [4.69, 9.17) is 0 Å². The Morgan fingerprint density at radius 2 is 1.54 bits per heavy atom. The van der Waals surface area contributed by atoms with E-state index < -0.39 is 0 Å². The van der Waals surface area contributed by atoms with Gasteiger partial charge in [-0.1, -0.05) is 6.92 Å². The second-order valence-corrected chi connectivity index (χ2v) is 7.85. The number of hydrogen-bond donors (Lipinski definition) is 1. The Morgan fingerprint density at radius 1 is 0.846 bits per heavy atom. The maximum absolute atomic E-state index is 4.66. The van der Waals surface area contributed by atoms with Crippen molar-refractivity contribution >= 4 is 11.8 Å². The van der Waals surface area contributed by atoms with E-state index in [0.29, 0.717) is 6.04 Å². The SMILES string of the molecule is CC1CCC(Nc2ncc(-c3ccc(N4CCCCC4)nc3)cn2)CC1. The quantitative estimate of drug-likeness (QED) is 0.878. The van der Waals surface area contributed by atoms with Gasteiger partial charge in [0.15, 0.2) is 0 Å². The van der Waals surface area contributed by atoms with Crippen LogP contribution in [0.4, 0.5) is 11.8 Å². The highest BCUT2D eigenvalue weighted by Gasteiger charge is 2.18. The summed E-state index contributed by atoms with van der Waals surface area (Å²) in [5.74, 6) is 2.68. The largest absolute Gasteiger partial charge is 0.357 e. The van der Waals surface area contributed by atoms with Crippen LogP contribution >= 0.6 is 0 Å². The average molecular weight is 351 g/mol. The van der Waals surface area contributed by atoms with Crippen molar-refractivity contribution in [2.75, 3.05) is 23.3 Å². The smallest absolute Gasteiger partial charge is 0.222 e. The normalized spacial score (nSPS) is 23.7. The highest BCUT2D eigenvalue weighted by molar-refractivity contribution is 5.62. The molecule has 0 radical (unpaired) electrons. The number of piperidine rings is 1. The molecule has 2 aromatic rings. The van der Waals surface area contributed by atoms with Crippen molar-refractivity contribution in [2.45, 2.75) is 57.9 Å². The molecule has 1 N–H and O–H groups in total. The fraction of sp³-hybridized carbons (Fsp3) is 0.571. The van der Waals surface area contributed by atoms with Gasteiger partial charge < -0.3 is 10.2 Å². The highest BCUT2D eigenvalue weighted by Crippen LogP contribution is 2.26. The minimum absolute atomic E-state index is 0.516. The van der Waals surface area contributed by atoms with E-state index in [0.717, 1.165) is 41.9 Å². The number of hydrogen-bond acceptors (Lipinski definition) is 5. The minimum Gasteiger partial charge on any atom is -0.357 e. The lowest BCUT2D eigenvalue weighted by molar-refractivity contribution is 0.360. The summed E-state index contributed by atoms with van der Waals surface area (Å²) < 4.78 is 0. The fourth-order valence-corrected chi connectivity index (χ4v) is 4.01. The summed E-state index contributed by atoms with van der Waals surface area (Å²) in [5.41, 5.74) is 2.09. The van der Waals surface area contributed by atoms with Crippen molar-refractivity contribution in [2.24, 2.45) is 5.92 Å². The first-order chi connectivity index (χ1) is 12.8. The zero-order valence-corrected chi connectivity index (χ0v) is 15.7. The van der Waals surface area contributed by atoms with Crippen LogP contribution in [-0.2, 0) is 0 Å². The van der Waals surface area contributed by atoms with E-state index in [2.05, 4.69) is 44.2 Å². The second kappa shape index (κ2) is 8.02. The molecule has 0 bridgehead atoms. The van der Waals surface area contributed by atoms with Gasteiger partial charge in [0.2, 0.25) is 5.95 Å². The summed E-state index contributed by atoms with van der Waals surface area (Å²) in [5, 5.41) is 3.49. The first-order valence-corrected chi connectivity index (χ1v) is 10.1. The molecule has 0 unspecified atom stereocenters. The van der Waals surface area contributed by atoms with Crippen molar-refractivity contribution in [1.82, 2.24) is 15.0 Å². The predicted molar refractivity (Wildman–Crippen MR) is 106 cm³/mol. The molecule has 138 valence electrons. The van der Waals surface area contributed by atoms with Gasteiger partial charge in [0, 0.05) is 48.8 Å². The number of nitrogens with zero attached hydrogens (tertiary/aromatic N) is 4. The van der Waals surface area contributed by atoms with Gasteiger partial charge in [0.25, 0.3) is 0 Å². The Bertz CT molecular complexity index is 683. The summed E-state index contributed by atoms with van der Waals surface area (Å²) in [6, 6.07) is 4.77. The number of rotatable bonds is 4. The van der Waals surface area contributed by atoms with Gasteiger partial charge in [-0.15, -0.1) is 0 Å². The first-order valence-electron chi connectivity index (χ1n) is 10.1. The lowest BCUT2D eigenvalue weighted by atomic mass is 9.87. The van der Waals surface area contributed by atoms with Crippen molar-refractivity contribution < 1.29 is 0 Å². The molecule has 3 heterocycles. The molecule has 2 fully saturated rings. The van der Waals surface area contributed by atoms with Crippen LogP contribution in [-0.4, -0.2) is 34.1 Å². The van der Waals surface area contributed by atoms with Crippen molar-refractivity contribution in [3.63, 3.8) is 0 Å². The monoisotopic (exact) mass is 351 g/mol. The number of aromatic nitrogens is 3. The summed E-state index contributed by atoms with van der Waals surface area (Å²) in [6.07, 6.45) is 14.6. The average Bonchev–Trinajstić information content (AvgIpc) is 2.71. The lowest BCUT2D eigenvalue weighted by Crippen LogP contribution is -2.29. The van der Waals surface area contributed by atoms with Crippen molar-refractivity contribution in [3.05, 3.63) is 30.7 Å². The van der Waals surface area contributed by atoms with E-state index in [-0.39, 0.29) is 0 Å². The molecule has 2 aliphatic rings. The Kier molecular flexibility index (Phi) is 5.32. The molecule has 1 aliphatic carbocycles. The van der Waals surface area contributed by atoms with Crippen LogP contribution in [0.25, 0.3) is 11.1 Å². The van der Waals surface area contributed by atoms with Gasteiger partial charge in [0.05, 0.1) is 0 Å². The van der Waals surface area contributed by atoms with E-state index in [9.17, 15) is 0 Å². The molecule has 0 atom stereocenters. The molecule has 1 saturated carbocycles. The summed E-state index contributed by atoms with van der Waals surface area (Å²) in [4.78, 5) is 16.1. The van der Waals surface area contributed by atoms with Crippen LogP contribution in [0.15, 0.2) is 30.7 Å². The fourth-order valence-electron chi connectivity index (χ4n) is 4.01. The Labute approximate surface area is 156 Å².